The van der Waals surface area contributed by atoms with Gasteiger partial charge in [-0.1, -0.05) is 6.07 Å². The minimum absolute atomic E-state index is 0.180. The number of fused-ring (bicyclic) bond motifs is 1. The number of imidazole rings is 1. The molecule has 1 fully saturated rings. The molecule has 4 rings (SSSR count). The number of carbonyl (C=O) groups is 1. The van der Waals surface area contributed by atoms with Crippen LogP contribution < -0.4 is 0 Å². The SMILES string of the molecule is Cc1nc(-c2cc(C(=O)CCN3CCOCC3)c3ccccn23)cn1C. The van der Waals surface area contributed by atoms with Crippen LogP contribution in [0.4, 0.5) is 0 Å². The predicted octanol–water partition coefficient (Wildman–Crippen LogP) is 2.55. The molecule has 0 spiro atoms. The number of morpholine rings is 1. The zero-order chi connectivity index (χ0) is 18.1. The molecule has 0 unspecified atom stereocenters. The number of carbonyl (C=O) groups excluding carboxylic acids is 1. The molecular weight excluding hydrogens is 328 g/mol. The van der Waals surface area contributed by atoms with E-state index in [0.29, 0.717) is 6.42 Å². The van der Waals surface area contributed by atoms with Crippen LogP contribution in [-0.4, -0.2) is 57.5 Å². The first kappa shape index (κ1) is 17.0. The maximum Gasteiger partial charge on any atom is 0.166 e. The van der Waals surface area contributed by atoms with Gasteiger partial charge in [-0.15, -0.1) is 0 Å². The van der Waals surface area contributed by atoms with E-state index in [0.717, 1.165) is 61.1 Å². The average molecular weight is 352 g/mol. The van der Waals surface area contributed by atoms with E-state index in [9.17, 15) is 4.79 Å². The van der Waals surface area contributed by atoms with E-state index in [-0.39, 0.29) is 5.78 Å². The van der Waals surface area contributed by atoms with Crippen molar-refractivity contribution in [2.45, 2.75) is 13.3 Å². The first-order valence-corrected chi connectivity index (χ1v) is 9.07. The van der Waals surface area contributed by atoms with Gasteiger partial charge in [-0.2, -0.15) is 0 Å². The van der Waals surface area contributed by atoms with Crippen LogP contribution in [0.25, 0.3) is 16.9 Å². The highest BCUT2D eigenvalue weighted by Crippen LogP contribution is 2.26. The summed E-state index contributed by atoms with van der Waals surface area (Å²) in [5, 5.41) is 0. The molecule has 6 nitrogen and oxygen atoms in total. The lowest BCUT2D eigenvalue weighted by molar-refractivity contribution is 0.0370. The van der Waals surface area contributed by atoms with E-state index in [1.165, 1.54) is 0 Å². The molecule has 1 saturated heterocycles. The molecule has 0 bridgehead atoms. The fraction of sp³-hybridized carbons (Fsp3) is 0.400. The van der Waals surface area contributed by atoms with Crippen LogP contribution in [0.5, 0.6) is 0 Å². The Morgan fingerprint density at radius 2 is 2.08 bits per heavy atom. The van der Waals surface area contributed by atoms with E-state index >= 15 is 0 Å². The zero-order valence-corrected chi connectivity index (χ0v) is 15.3. The van der Waals surface area contributed by atoms with Crippen molar-refractivity contribution in [3.05, 3.63) is 48.0 Å². The number of pyridine rings is 1. The third-order valence-electron chi connectivity index (χ3n) is 5.11. The standard InChI is InChI=1S/C20H24N4O2/c1-15-21-17(14-22(15)2)19-13-16(18-5-3-4-7-24(18)19)20(25)6-8-23-9-11-26-12-10-23/h3-5,7,13-14H,6,8-12H2,1-2H3. The molecule has 0 atom stereocenters. The Morgan fingerprint density at radius 3 is 2.81 bits per heavy atom. The van der Waals surface area contributed by atoms with E-state index in [1.54, 1.807) is 0 Å². The zero-order valence-electron chi connectivity index (χ0n) is 15.3. The largest absolute Gasteiger partial charge is 0.379 e. The molecule has 0 radical (unpaired) electrons. The predicted molar refractivity (Wildman–Crippen MR) is 101 cm³/mol. The van der Waals surface area contributed by atoms with Crippen molar-refractivity contribution in [1.82, 2.24) is 18.9 Å². The number of hydrogen-bond donors (Lipinski definition) is 0. The van der Waals surface area contributed by atoms with Gasteiger partial charge in [0.2, 0.25) is 0 Å². The second kappa shape index (κ2) is 7.05. The highest BCUT2D eigenvalue weighted by atomic mass is 16.5. The quantitative estimate of drug-likeness (QED) is 0.662. The summed E-state index contributed by atoms with van der Waals surface area (Å²) in [5.41, 5.74) is 3.56. The number of aromatic nitrogens is 3. The van der Waals surface area contributed by atoms with Crippen LogP contribution in [0.1, 0.15) is 22.6 Å². The van der Waals surface area contributed by atoms with Crippen LogP contribution in [-0.2, 0) is 11.8 Å². The molecule has 136 valence electrons. The lowest BCUT2D eigenvalue weighted by atomic mass is 10.1. The minimum atomic E-state index is 0.180. The summed E-state index contributed by atoms with van der Waals surface area (Å²) in [4.78, 5) is 19.8. The first-order valence-electron chi connectivity index (χ1n) is 9.07. The maximum absolute atomic E-state index is 12.9. The fourth-order valence-electron chi connectivity index (χ4n) is 3.47. The van der Waals surface area contributed by atoms with E-state index < -0.39 is 0 Å². The number of rotatable bonds is 5. The molecule has 4 heterocycles. The Labute approximate surface area is 153 Å². The van der Waals surface area contributed by atoms with Crippen LogP contribution in [0.3, 0.4) is 0 Å². The lowest BCUT2D eigenvalue weighted by Gasteiger charge is -2.26. The van der Waals surface area contributed by atoms with Gasteiger partial charge in [-0.3, -0.25) is 9.69 Å². The summed E-state index contributed by atoms with van der Waals surface area (Å²) < 4.78 is 9.43. The van der Waals surface area contributed by atoms with Gasteiger partial charge in [-0.05, 0) is 25.1 Å². The van der Waals surface area contributed by atoms with Gasteiger partial charge in [0.05, 0.1) is 24.4 Å². The highest BCUT2D eigenvalue weighted by Gasteiger charge is 2.19. The Kier molecular flexibility index (Phi) is 4.61. The third-order valence-corrected chi connectivity index (χ3v) is 5.11. The van der Waals surface area contributed by atoms with Gasteiger partial charge in [0.15, 0.2) is 5.78 Å². The topological polar surface area (TPSA) is 51.8 Å². The summed E-state index contributed by atoms with van der Waals surface area (Å²) in [6.45, 7) is 6.08. The van der Waals surface area contributed by atoms with Crippen molar-refractivity contribution in [3.63, 3.8) is 0 Å². The number of hydrogen-bond acceptors (Lipinski definition) is 4. The fourth-order valence-corrected chi connectivity index (χ4v) is 3.47. The Balaban J connectivity index is 1.63. The third kappa shape index (κ3) is 3.18. The number of ether oxygens (including phenoxy) is 1. The Hall–Kier alpha value is -2.44. The van der Waals surface area contributed by atoms with Crippen LogP contribution in [0.15, 0.2) is 36.7 Å². The molecule has 0 amide bonds. The molecule has 0 saturated carbocycles. The molecule has 6 heteroatoms. The van der Waals surface area contributed by atoms with Crippen molar-refractivity contribution in [2.24, 2.45) is 7.05 Å². The molecule has 1 aliphatic rings. The Morgan fingerprint density at radius 1 is 1.27 bits per heavy atom. The van der Waals surface area contributed by atoms with Crippen molar-refractivity contribution >= 4 is 11.3 Å². The summed E-state index contributed by atoms with van der Waals surface area (Å²) in [7, 11) is 1.98. The van der Waals surface area contributed by atoms with Gasteiger partial charge >= 0.3 is 0 Å². The second-order valence-corrected chi connectivity index (χ2v) is 6.81. The van der Waals surface area contributed by atoms with E-state index in [4.69, 9.17) is 4.74 Å². The summed E-state index contributed by atoms with van der Waals surface area (Å²) in [6, 6.07) is 7.94. The first-order chi connectivity index (χ1) is 12.6. The summed E-state index contributed by atoms with van der Waals surface area (Å²) in [5.74, 6) is 1.13. The van der Waals surface area contributed by atoms with Gasteiger partial charge < -0.3 is 13.7 Å². The Bertz CT molecular complexity index is 915. The van der Waals surface area contributed by atoms with Crippen molar-refractivity contribution < 1.29 is 9.53 Å². The number of ketones is 1. The lowest BCUT2D eigenvalue weighted by Crippen LogP contribution is -2.37. The van der Waals surface area contributed by atoms with Gasteiger partial charge in [0.25, 0.3) is 0 Å². The van der Waals surface area contributed by atoms with E-state index in [1.807, 2.05) is 55.2 Å². The van der Waals surface area contributed by atoms with Crippen LogP contribution >= 0.6 is 0 Å². The normalized spacial score (nSPS) is 15.6. The van der Waals surface area contributed by atoms with Crippen molar-refractivity contribution in [3.8, 4) is 11.4 Å². The summed E-state index contributed by atoms with van der Waals surface area (Å²) in [6.07, 6.45) is 4.52. The second-order valence-electron chi connectivity index (χ2n) is 6.81. The number of Topliss-reactive ketones (excluding diaryl/α,β-unsaturated/α-hetero) is 1. The molecule has 0 aliphatic carbocycles. The monoisotopic (exact) mass is 352 g/mol. The molecular formula is C20H24N4O2. The number of nitrogens with zero attached hydrogens (tertiary/aromatic N) is 4. The van der Waals surface area contributed by atoms with Crippen LogP contribution in [0.2, 0.25) is 0 Å². The van der Waals surface area contributed by atoms with Gasteiger partial charge in [-0.25, -0.2) is 4.98 Å². The van der Waals surface area contributed by atoms with Crippen molar-refractivity contribution in [2.75, 3.05) is 32.8 Å². The van der Waals surface area contributed by atoms with E-state index in [2.05, 4.69) is 14.3 Å². The molecule has 1 aliphatic heterocycles. The minimum Gasteiger partial charge on any atom is -0.379 e. The van der Waals surface area contributed by atoms with Crippen molar-refractivity contribution in [1.29, 1.82) is 0 Å². The molecule has 0 N–H and O–H groups in total. The number of aryl methyl sites for hydroxylation is 2. The summed E-state index contributed by atoms with van der Waals surface area (Å²) >= 11 is 0. The smallest absolute Gasteiger partial charge is 0.166 e. The molecule has 26 heavy (non-hydrogen) atoms. The highest BCUT2D eigenvalue weighted by molar-refractivity contribution is 6.04. The molecule has 3 aromatic rings. The maximum atomic E-state index is 12.9. The molecule has 3 aromatic heterocycles. The average Bonchev–Trinajstić information content (AvgIpc) is 3.21. The van der Waals surface area contributed by atoms with Gasteiger partial charge in [0.1, 0.15) is 11.5 Å². The van der Waals surface area contributed by atoms with Gasteiger partial charge in [0, 0.05) is 51.1 Å². The van der Waals surface area contributed by atoms with Crippen LogP contribution in [0, 0.1) is 6.92 Å². The molecule has 0 aromatic carbocycles.